The Balaban J connectivity index is 1.80. The minimum atomic E-state index is -3.81. The highest BCUT2D eigenvalue weighted by atomic mass is 35.5. The molecule has 0 saturated heterocycles. The normalized spacial score (nSPS) is 12.3. The predicted octanol–water partition coefficient (Wildman–Crippen LogP) is 4.80. The maximum atomic E-state index is 13.1. The molecule has 156 valence electrons. The minimum absolute atomic E-state index is 0.0918. The molecule has 0 aliphatic carbocycles. The average molecular weight is 447 g/mol. The van der Waals surface area contributed by atoms with Crippen molar-refractivity contribution in [3.05, 3.63) is 94.8 Å². The summed E-state index contributed by atoms with van der Waals surface area (Å²) in [6.07, 6.45) is 0. The molecule has 5 nitrogen and oxygen atoms in total. The van der Waals surface area contributed by atoms with Gasteiger partial charge in [-0.1, -0.05) is 29.8 Å². The first-order chi connectivity index (χ1) is 14.2. The van der Waals surface area contributed by atoms with Gasteiger partial charge in [-0.2, -0.15) is 0 Å². The molecule has 0 saturated carbocycles. The summed E-state index contributed by atoms with van der Waals surface area (Å²) in [6.45, 7) is 1.78. The van der Waals surface area contributed by atoms with Crippen LogP contribution in [0.2, 0.25) is 5.02 Å². The molecule has 8 heteroatoms. The van der Waals surface area contributed by atoms with E-state index in [1.807, 2.05) is 0 Å². The number of nitrogens with zero attached hydrogens (tertiary/aromatic N) is 1. The smallest absolute Gasteiger partial charge is 0.264 e. The van der Waals surface area contributed by atoms with E-state index in [0.717, 1.165) is 9.87 Å². The van der Waals surface area contributed by atoms with Gasteiger partial charge in [0.2, 0.25) is 0 Å². The molecule has 1 amide bonds. The number of nitrogens with one attached hydrogen (secondary N) is 1. The van der Waals surface area contributed by atoms with E-state index in [1.165, 1.54) is 49.5 Å². The Morgan fingerprint density at radius 1 is 1.03 bits per heavy atom. The van der Waals surface area contributed by atoms with Crippen LogP contribution in [0.15, 0.2) is 77.7 Å². The maximum absolute atomic E-state index is 13.1. The molecule has 0 fully saturated rings. The molecule has 0 bridgehead atoms. The lowest BCUT2D eigenvalue weighted by molar-refractivity contribution is 0.0940. The quantitative estimate of drug-likeness (QED) is 0.591. The van der Waals surface area contributed by atoms with Crippen LogP contribution in [0.1, 0.15) is 28.9 Å². The molecule has 0 aliphatic rings. The Kier molecular flexibility index (Phi) is 6.43. The van der Waals surface area contributed by atoms with E-state index in [-0.39, 0.29) is 22.7 Å². The van der Waals surface area contributed by atoms with Gasteiger partial charge < -0.3 is 5.32 Å². The monoisotopic (exact) mass is 446 g/mol. The van der Waals surface area contributed by atoms with Crippen LogP contribution >= 0.6 is 11.6 Å². The lowest BCUT2D eigenvalue weighted by Crippen LogP contribution is -2.28. The van der Waals surface area contributed by atoms with Gasteiger partial charge in [0.1, 0.15) is 5.82 Å². The van der Waals surface area contributed by atoms with Crippen molar-refractivity contribution in [3.8, 4) is 0 Å². The highest BCUT2D eigenvalue weighted by molar-refractivity contribution is 7.92. The Labute approximate surface area is 180 Å². The van der Waals surface area contributed by atoms with E-state index in [9.17, 15) is 17.6 Å². The van der Waals surface area contributed by atoms with Gasteiger partial charge in [0.25, 0.3) is 15.9 Å². The van der Waals surface area contributed by atoms with E-state index in [1.54, 1.807) is 37.3 Å². The van der Waals surface area contributed by atoms with Crippen molar-refractivity contribution in [3.63, 3.8) is 0 Å². The molecule has 1 atom stereocenters. The second-order valence-corrected chi connectivity index (χ2v) is 9.13. The zero-order valence-corrected chi connectivity index (χ0v) is 17.9. The number of benzene rings is 3. The second kappa shape index (κ2) is 8.85. The van der Waals surface area contributed by atoms with Crippen molar-refractivity contribution in [2.24, 2.45) is 0 Å². The lowest BCUT2D eigenvalue weighted by atomic mass is 10.1. The molecule has 0 heterocycles. The van der Waals surface area contributed by atoms with E-state index in [2.05, 4.69) is 5.32 Å². The first kappa shape index (κ1) is 21.8. The van der Waals surface area contributed by atoms with Gasteiger partial charge in [-0.3, -0.25) is 9.10 Å². The van der Waals surface area contributed by atoms with E-state index >= 15 is 0 Å². The number of sulfonamides is 1. The molecule has 0 unspecified atom stereocenters. The summed E-state index contributed by atoms with van der Waals surface area (Å²) in [7, 11) is -2.40. The summed E-state index contributed by atoms with van der Waals surface area (Å²) in [5.41, 5.74) is 1.40. The summed E-state index contributed by atoms with van der Waals surface area (Å²) in [5, 5.41) is 3.27. The highest BCUT2D eigenvalue weighted by Crippen LogP contribution is 2.24. The molecule has 0 radical (unpaired) electrons. The molecule has 3 aromatic rings. The molecule has 1 N–H and O–H groups in total. The van der Waals surface area contributed by atoms with Crippen molar-refractivity contribution in [1.29, 1.82) is 0 Å². The number of hydrogen-bond donors (Lipinski definition) is 1. The second-order valence-electron chi connectivity index (χ2n) is 6.72. The molecule has 0 spiro atoms. The van der Waals surface area contributed by atoms with Crippen LogP contribution in [0.5, 0.6) is 0 Å². The van der Waals surface area contributed by atoms with Crippen molar-refractivity contribution in [2.75, 3.05) is 11.4 Å². The van der Waals surface area contributed by atoms with Crippen LogP contribution in [-0.2, 0) is 10.0 Å². The molecule has 3 aromatic carbocycles. The zero-order chi connectivity index (χ0) is 21.9. The standard InChI is InChI=1S/C22H20ClFN2O3S/c1-15(16-6-10-19(24)11-7-16)25-22(27)17-4-3-5-20(14-17)26(2)30(28,29)21-12-8-18(23)9-13-21/h3-15H,1-2H3,(H,25,27)/t15-/m0/s1. The molecular formula is C22H20ClFN2O3S. The Morgan fingerprint density at radius 2 is 1.67 bits per heavy atom. The summed E-state index contributed by atoms with van der Waals surface area (Å²) in [6, 6.07) is 17.7. The number of hydrogen-bond acceptors (Lipinski definition) is 3. The number of rotatable bonds is 6. The number of carbonyl (C=O) groups is 1. The topological polar surface area (TPSA) is 66.5 Å². The Morgan fingerprint density at radius 3 is 2.30 bits per heavy atom. The Hall–Kier alpha value is -2.90. The van der Waals surface area contributed by atoms with Crippen molar-refractivity contribution >= 4 is 33.2 Å². The minimum Gasteiger partial charge on any atom is -0.346 e. The van der Waals surface area contributed by atoms with Gasteiger partial charge in [0.15, 0.2) is 0 Å². The van der Waals surface area contributed by atoms with Gasteiger partial charge in [-0.15, -0.1) is 0 Å². The third-order valence-corrected chi connectivity index (χ3v) is 6.71. The summed E-state index contributed by atoms with van der Waals surface area (Å²) >= 11 is 5.84. The zero-order valence-electron chi connectivity index (χ0n) is 16.3. The fourth-order valence-electron chi connectivity index (χ4n) is 2.86. The van der Waals surface area contributed by atoms with Gasteiger partial charge in [0, 0.05) is 17.6 Å². The van der Waals surface area contributed by atoms with Crippen LogP contribution in [-0.4, -0.2) is 21.4 Å². The van der Waals surface area contributed by atoms with Gasteiger partial charge in [0.05, 0.1) is 16.6 Å². The number of carbonyl (C=O) groups excluding carboxylic acids is 1. The van der Waals surface area contributed by atoms with Crippen LogP contribution < -0.4 is 9.62 Å². The highest BCUT2D eigenvalue weighted by Gasteiger charge is 2.22. The summed E-state index contributed by atoms with van der Waals surface area (Å²) in [5.74, 6) is -0.721. The third kappa shape index (κ3) is 4.80. The van der Waals surface area contributed by atoms with E-state index in [4.69, 9.17) is 11.6 Å². The van der Waals surface area contributed by atoms with Gasteiger partial charge >= 0.3 is 0 Å². The third-order valence-electron chi connectivity index (χ3n) is 4.66. The molecule has 3 rings (SSSR count). The first-order valence-electron chi connectivity index (χ1n) is 9.09. The molecule has 30 heavy (non-hydrogen) atoms. The number of amides is 1. The van der Waals surface area contributed by atoms with E-state index in [0.29, 0.717) is 16.3 Å². The van der Waals surface area contributed by atoms with Crippen molar-refractivity contribution in [1.82, 2.24) is 5.32 Å². The maximum Gasteiger partial charge on any atom is 0.264 e. The predicted molar refractivity (Wildman–Crippen MR) is 116 cm³/mol. The largest absolute Gasteiger partial charge is 0.346 e. The molecular weight excluding hydrogens is 427 g/mol. The first-order valence-corrected chi connectivity index (χ1v) is 10.9. The van der Waals surface area contributed by atoms with Gasteiger partial charge in [-0.05, 0) is 67.1 Å². The van der Waals surface area contributed by atoms with Gasteiger partial charge in [-0.25, -0.2) is 12.8 Å². The number of halogens is 2. The fourth-order valence-corrected chi connectivity index (χ4v) is 4.17. The van der Waals surface area contributed by atoms with Crippen LogP contribution in [0.4, 0.5) is 10.1 Å². The fraction of sp³-hybridized carbons (Fsp3) is 0.136. The molecule has 0 aliphatic heterocycles. The van der Waals surface area contributed by atoms with E-state index < -0.39 is 10.0 Å². The van der Waals surface area contributed by atoms with Crippen LogP contribution in [0.3, 0.4) is 0 Å². The SMILES string of the molecule is C[C@H](NC(=O)c1cccc(N(C)S(=O)(=O)c2ccc(Cl)cc2)c1)c1ccc(F)cc1. The summed E-state index contributed by atoms with van der Waals surface area (Å²) in [4.78, 5) is 12.8. The lowest BCUT2D eigenvalue weighted by Gasteiger charge is -2.20. The number of anilines is 1. The van der Waals surface area contributed by atoms with Crippen molar-refractivity contribution in [2.45, 2.75) is 17.9 Å². The summed E-state index contributed by atoms with van der Waals surface area (Å²) < 4.78 is 39.9. The van der Waals surface area contributed by atoms with Crippen molar-refractivity contribution < 1.29 is 17.6 Å². The Bertz CT molecular complexity index is 1150. The molecule has 0 aromatic heterocycles. The van der Waals surface area contributed by atoms with Crippen LogP contribution in [0, 0.1) is 5.82 Å². The van der Waals surface area contributed by atoms with Crippen LogP contribution in [0.25, 0.3) is 0 Å². The average Bonchev–Trinajstić information content (AvgIpc) is 2.74.